The number of aromatic amines is 1. The van der Waals surface area contributed by atoms with E-state index in [1.165, 1.54) is 12.1 Å². The van der Waals surface area contributed by atoms with E-state index in [2.05, 4.69) is 31.4 Å². The molecule has 1 amide bonds. The van der Waals surface area contributed by atoms with Gasteiger partial charge in [0.25, 0.3) is 5.91 Å². The third kappa shape index (κ3) is 2.47. The Morgan fingerprint density at radius 3 is 2.95 bits per heavy atom. The fourth-order valence-electron chi connectivity index (χ4n) is 2.16. The van der Waals surface area contributed by atoms with Crippen LogP contribution in [-0.2, 0) is 0 Å². The van der Waals surface area contributed by atoms with Crippen LogP contribution in [0.5, 0.6) is 0 Å². The second kappa shape index (κ2) is 5.01. The van der Waals surface area contributed by atoms with Crippen LogP contribution in [0.2, 0.25) is 0 Å². The summed E-state index contributed by atoms with van der Waals surface area (Å²) in [7, 11) is 0. The highest BCUT2D eigenvalue weighted by Gasteiger charge is 2.28. The van der Waals surface area contributed by atoms with Crippen LogP contribution in [0.1, 0.15) is 40.2 Å². The van der Waals surface area contributed by atoms with Gasteiger partial charge >= 0.3 is 0 Å². The van der Waals surface area contributed by atoms with Crippen molar-refractivity contribution in [2.24, 2.45) is 0 Å². The summed E-state index contributed by atoms with van der Waals surface area (Å²) >= 11 is 3.25. The zero-order valence-electron chi connectivity index (χ0n) is 10.8. The lowest BCUT2D eigenvalue weighted by Gasteiger charge is -2.09. The number of rotatable bonds is 3. The minimum atomic E-state index is -0.445. The minimum absolute atomic E-state index is 0.313. The molecule has 0 radical (unpaired) electrons. The lowest BCUT2D eigenvalue weighted by Crippen LogP contribution is -2.15. The Labute approximate surface area is 123 Å². The molecule has 1 fully saturated rings. The number of carbonyl (C=O) groups excluding carboxylic acids is 1. The van der Waals surface area contributed by atoms with Gasteiger partial charge in [-0.1, -0.05) is 15.9 Å². The van der Waals surface area contributed by atoms with Crippen molar-refractivity contribution in [3.05, 3.63) is 45.3 Å². The van der Waals surface area contributed by atoms with Crippen molar-refractivity contribution in [1.82, 2.24) is 10.2 Å². The monoisotopic (exact) mass is 337 g/mol. The van der Waals surface area contributed by atoms with Crippen LogP contribution in [0.15, 0.2) is 22.8 Å². The van der Waals surface area contributed by atoms with Gasteiger partial charge in [-0.3, -0.25) is 9.89 Å². The average molecular weight is 338 g/mol. The molecule has 2 aromatic rings. The van der Waals surface area contributed by atoms with Crippen LogP contribution >= 0.6 is 15.9 Å². The molecule has 2 N–H and O–H groups in total. The number of hydrogen-bond acceptors (Lipinski definition) is 2. The first-order chi connectivity index (χ1) is 9.56. The molecule has 1 aliphatic rings. The van der Waals surface area contributed by atoms with E-state index in [9.17, 15) is 9.18 Å². The second-order valence-corrected chi connectivity index (χ2v) is 5.84. The largest absolute Gasteiger partial charge is 0.307 e. The number of aromatic nitrogens is 2. The molecule has 1 heterocycles. The lowest BCUT2D eigenvalue weighted by molar-refractivity contribution is 0.102. The van der Waals surface area contributed by atoms with Crippen LogP contribution in [-0.4, -0.2) is 16.1 Å². The van der Waals surface area contributed by atoms with E-state index >= 15 is 0 Å². The Hall–Kier alpha value is -1.69. The van der Waals surface area contributed by atoms with Gasteiger partial charge in [-0.2, -0.15) is 5.10 Å². The van der Waals surface area contributed by atoms with Crippen LogP contribution in [0.3, 0.4) is 0 Å². The fraction of sp³-hybridized carbons (Fsp3) is 0.286. The number of H-pyrrole nitrogens is 1. The third-order valence-corrected chi connectivity index (χ3v) is 4.30. The zero-order valence-corrected chi connectivity index (χ0v) is 12.4. The number of benzene rings is 1. The molecular weight excluding hydrogens is 325 g/mol. The van der Waals surface area contributed by atoms with E-state index in [1.54, 1.807) is 13.1 Å². The molecule has 1 aliphatic carbocycles. The second-order valence-electron chi connectivity index (χ2n) is 4.99. The van der Waals surface area contributed by atoms with E-state index < -0.39 is 5.82 Å². The Morgan fingerprint density at radius 2 is 2.25 bits per heavy atom. The summed E-state index contributed by atoms with van der Waals surface area (Å²) in [5.41, 5.74) is 2.04. The number of hydrogen-bond donors (Lipinski definition) is 2. The van der Waals surface area contributed by atoms with Gasteiger partial charge in [-0.25, -0.2) is 4.39 Å². The number of anilines is 1. The molecule has 20 heavy (non-hydrogen) atoms. The molecule has 0 bridgehead atoms. The van der Waals surface area contributed by atoms with E-state index in [-0.39, 0.29) is 5.91 Å². The van der Waals surface area contributed by atoms with E-state index in [0.29, 0.717) is 27.3 Å². The SMILES string of the molecule is Cc1c(Br)cc(F)cc1C(=O)Nc1[nH]ncc1C1CC1. The summed E-state index contributed by atoms with van der Waals surface area (Å²) in [6.45, 7) is 1.77. The number of nitrogens with one attached hydrogen (secondary N) is 2. The molecule has 104 valence electrons. The maximum atomic E-state index is 13.4. The number of carbonyl (C=O) groups is 1. The molecular formula is C14H13BrFN3O. The molecule has 1 aromatic heterocycles. The lowest BCUT2D eigenvalue weighted by atomic mass is 10.1. The number of nitrogens with zero attached hydrogens (tertiary/aromatic N) is 1. The predicted molar refractivity (Wildman–Crippen MR) is 77.4 cm³/mol. The van der Waals surface area contributed by atoms with Crippen molar-refractivity contribution in [2.45, 2.75) is 25.7 Å². The van der Waals surface area contributed by atoms with Crippen molar-refractivity contribution in [2.75, 3.05) is 5.32 Å². The maximum Gasteiger partial charge on any atom is 0.257 e. The first-order valence-electron chi connectivity index (χ1n) is 6.36. The van der Waals surface area contributed by atoms with Gasteiger partial charge in [-0.15, -0.1) is 0 Å². The van der Waals surface area contributed by atoms with Crippen molar-refractivity contribution >= 4 is 27.7 Å². The first-order valence-corrected chi connectivity index (χ1v) is 7.16. The van der Waals surface area contributed by atoms with Crippen LogP contribution in [0, 0.1) is 12.7 Å². The van der Waals surface area contributed by atoms with Gasteiger partial charge in [0.2, 0.25) is 0 Å². The standard InChI is InChI=1S/C14H13BrFN3O/c1-7-10(4-9(16)5-12(7)15)14(20)18-13-11(6-17-19-13)8-2-3-8/h4-6,8H,2-3H2,1H3,(H2,17,18,19,20). The maximum absolute atomic E-state index is 13.4. The molecule has 1 saturated carbocycles. The Balaban J connectivity index is 1.88. The minimum Gasteiger partial charge on any atom is -0.307 e. The molecule has 0 unspecified atom stereocenters. The van der Waals surface area contributed by atoms with Gasteiger partial charge in [0, 0.05) is 15.6 Å². The molecule has 0 atom stereocenters. The average Bonchev–Trinajstić information content (AvgIpc) is 3.14. The van der Waals surface area contributed by atoms with E-state index in [1.807, 2.05) is 0 Å². The Kier molecular flexibility index (Phi) is 3.33. The topological polar surface area (TPSA) is 57.8 Å². The van der Waals surface area contributed by atoms with Crippen molar-refractivity contribution in [3.63, 3.8) is 0 Å². The van der Waals surface area contributed by atoms with Gasteiger partial charge in [0.05, 0.1) is 6.20 Å². The number of amides is 1. The summed E-state index contributed by atoms with van der Waals surface area (Å²) < 4.78 is 14.0. The van der Waals surface area contributed by atoms with Crippen LogP contribution in [0.4, 0.5) is 10.2 Å². The fourth-order valence-corrected chi connectivity index (χ4v) is 2.59. The molecule has 4 nitrogen and oxygen atoms in total. The van der Waals surface area contributed by atoms with Gasteiger partial charge in [0.15, 0.2) is 0 Å². The smallest absolute Gasteiger partial charge is 0.257 e. The quantitative estimate of drug-likeness (QED) is 0.896. The van der Waals surface area contributed by atoms with Crippen LogP contribution < -0.4 is 5.32 Å². The Bertz CT molecular complexity index is 679. The summed E-state index contributed by atoms with van der Waals surface area (Å²) in [6.07, 6.45) is 3.97. The normalized spacial score (nSPS) is 14.3. The number of halogens is 2. The third-order valence-electron chi connectivity index (χ3n) is 3.48. The summed E-state index contributed by atoms with van der Waals surface area (Å²) in [5, 5.41) is 9.53. The van der Waals surface area contributed by atoms with Gasteiger partial charge < -0.3 is 5.32 Å². The predicted octanol–water partition coefficient (Wildman–Crippen LogP) is 3.75. The highest BCUT2D eigenvalue weighted by molar-refractivity contribution is 9.10. The molecule has 1 aromatic carbocycles. The highest BCUT2D eigenvalue weighted by atomic mass is 79.9. The van der Waals surface area contributed by atoms with Crippen molar-refractivity contribution < 1.29 is 9.18 Å². The highest BCUT2D eigenvalue weighted by Crippen LogP contribution is 2.42. The molecule has 0 saturated heterocycles. The van der Waals surface area contributed by atoms with Crippen LogP contribution in [0.25, 0.3) is 0 Å². The first kappa shape index (κ1) is 13.3. The van der Waals surface area contributed by atoms with Crippen molar-refractivity contribution in [3.8, 4) is 0 Å². The van der Waals surface area contributed by atoms with Gasteiger partial charge in [0.1, 0.15) is 11.6 Å². The summed E-state index contributed by atoms with van der Waals surface area (Å²) in [5.74, 6) is 0.301. The van der Waals surface area contributed by atoms with Gasteiger partial charge in [-0.05, 0) is 43.4 Å². The zero-order chi connectivity index (χ0) is 14.3. The van der Waals surface area contributed by atoms with E-state index in [0.717, 1.165) is 18.4 Å². The molecule has 3 rings (SSSR count). The summed E-state index contributed by atoms with van der Waals surface area (Å²) in [6, 6.07) is 2.58. The van der Waals surface area contributed by atoms with Crippen molar-refractivity contribution in [1.29, 1.82) is 0 Å². The molecule has 0 spiro atoms. The molecule has 0 aliphatic heterocycles. The molecule has 6 heteroatoms. The Morgan fingerprint density at radius 1 is 1.50 bits per heavy atom. The van der Waals surface area contributed by atoms with E-state index in [4.69, 9.17) is 0 Å². The summed E-state index contributed by atoms with van der Waals surface area (Å²) in [4.78, 5) is 12.3.